The Labute approximate surface area is 154 Å². The van der Waals surface area contributed by atoms with Crippen molar-refractivity contribution in [2.75, 3.05) is 18.4 Å². The molecule has 3 atom stereocenters. The predicted molar refractivity (Wildman–Crippen MR) is 106 cm³/mol. The van der Waals surface area contributed by atoms with Crippen molar-refractivity contribution in [1.29, 1.82) is 0 Å². The molecule has 1 aromatic rings. The van der Waals surface area contributed by atoms with Gasteiger partial charge in [-0.15, -0.1) is 0 Å². The minimum atomic E-state index is -0.941. The molecule has 3 unspecified atom stereocenters. The van der Waals surface area contributed by atoms with Crippen LogP contribution in [0.3, 0.4) is 0 Å². The lowest BCUT2D eigenvalue weighted by Gasteiger charge is -2.28. The van der Waals surface area contributed by atoms with Crippen molar-refractivity contribution in [2.24, 2.45) is 11.8 Å². The number of hydrogen-bond acceptors (Lipinski definition) is 3. The van der Waals surface area contributed by atoms with Crippen LogP contribution in [-0.4, -0.2) is 28.0 Å². The molecule has 1 saturated heterocycles. The fourth-order valence-electron chi connectivity index (χ4n) is 3.14. The summed E-state index contributed by atoms with van der Waals surface area (Å²) >= 11 is 0. The highest BCUT2D eigenvalue weighted by atomic mass is 32.2. The van der Waals surface area contributed by atoms with E-state index < -0.39 is 10.8 Å². The number of rotatable bonds is 6. The third-order valence-corrected chi connectivity index (χ3v) is 6.80. The number of carbonyl (C=O) groups excluding carboxylic acids is 1. The van der Waals surface area contributed by atoms with Crippen molar-refractivity contribution in [3.63, 3.8) is 0 Å². The van der Waals surface area contributed by atoms with Crippen molar-refractivity contribution in [1.82, 2.24) is 5.32 Å². The molecule has 2 rings (SSSR count). The lowest BCUT2D eigenvalue weighted by Crippen LogP contribution is -2.34. The normalized spacial score (nSPS) is 20.7. The first-order chi connectivity index (χ1) is 11.8. The highest BCUT2D eigenvalue weighted by Crippen LogP contribution is 2.23. The van der Waals surface area contributed by atoms with E-state index >= 15 is 0 Å². The van der Waals surface area contributed by atoms with Crippen LogP contribution in [0.5, 0.6) is 0 Å². The van der Waals surface area contributed by atoms with Gasteiger partial charge in [-0.05, 0) is 76.2 Å². The van der Waals surface area contributed by atoms with Crippen LogP contribution in [0.2, 0.25) is 0 Å². The van der Waals surface area contributed by atoms with Gasteiger partial charge < -0.3 is 10.6 Å². The summed E-state index contributed by atoms with van der Waals surface area (Å²) in [5, 5.41) is 6.42. The first-order valence-corrected chi connectivity index (χ1v) is 10.6. The van der Waals surface area contributed by atoms with Gasteiger partial charge in [0.2, 0.25) is 5.91 Å². The fourth-order valence-corrected chi connectivity index (χ4v) is 4.06. The number of anilines is 1. The Kier molecular flexibility index (Phi) is 7.20. The van der Waals surface area contributed by atoms with Gasteiger partial charge in [0.15, 0.2) is 0 Å². The van der Waals surface area contributed by atoms with E-state index in [0.717, 1.165) is 24.3 Å². The average Bonchev–Trinajstić information content (AvgIpc) is 2.55. The first kappa shape index (κ1) is 20.1. The quantitative estimate of drug-likeness (QED) is 0.809. The summed E-state index contributed by atoms with van der Waals surface area (Å²) in [7, 11) is -0.941. The van der Waals surface area contributed by atoms with Gasteiger partial charge in [-0.1, -0.05) is 19.1 Å². The monoisotopic (exact) mass is 364 g/mol. The molecule has 1 aliphatic heterocycles. The summed E-state index contributed by atoms with van der Waals surface area (Å²) in [5.74, 6) is 1.54. The van der Waals surface area contributed by atoms with Gasteiger partial charge in [0.1, 0.15) is 0 Å². The smallest absolute Gasteiger partial charge is 0.224 e. The van der Waals surface area contributed by atoms with E-state index in [1.165, 1.54) is 12.8 Å². The molecule has 1 aliphatic rings. The second-order valence-electron chi connectivity index (χ2n) is 8.14. The van der Waals surface area contributed by atoms with Crippen molar-refractivity contribution in [3.05, 3.63) is 29.8 Å². The highest BCUT2D eigenvalue weighted by Gasteiger charge is 2.22. The van der Waals surface area contributed by atoms with Gasteiger partial charge in [-0.25, -0.2) is 0 Å². The summed E-state index contributed by atoms with van der Waals surface area (Å²) < 4.78 is 12.1. The third-order valence-electron chi connectivity index (χ3n) is 4.84. The van der Waals surface area contributed by atoms with Gasteiger partial charge in [0.25, 0.3) is 0 Å². The number of carbonyl (C=O) groups is 1. The van der Waals surface area contributed by atoms with Crippen LogP contribution in [0.25, 0.3) is 0 Å². The summed E-state index contributed by atoms with van der Waals surface area (Å²) in [6.45, 7) is 10.2. The lowest BCUT2D eigenvalue weighted by atomic mass is 9.85. The largest absolute Gasteiger partial charge is 0.326 e. The van der Waals surface area contributed by atoms with Crippen LogP contribution in [-0.2, 0) is 21.3 Å². The van der Waals surface area contributed by atoms with Crippen LogP contribution in [0.4, 0.5) is 5.69 Å². The molecule has 0 spiro atoms. The van der Waals surface area contributed by atoms with Crippen LogP contribution in [0.15, 0.2) is 24.3 Å². The van der Waals surface area contributed by atoms with E-state index in [1.807, 2.05) is 45.0 Å². The van der Waals surface area contributed by atoms with E-state index in [-0.39, 0.29) is 10.7 Å². The van der Waals surface area contributed by atoms with E-state index in [2.05, 4.69) is 17.6 Å². The number of piperidine rings is 1. The van der Waals surface area contributed by atoms with Gasteiger partial charge in [0.05, 0.1) is 0 Å². The maximum Gasteiger partial charge on any atom is 0.224 e. The van der Waals surface area contributed by atoms with E-state index in [0.29, 0.717) is 24.0 Å². The van der Waals surface area contributed by atoms with Crippen molar-refractivity contribution in [3.8, 4) is 0 Å². The minimum absolute atomic E-state index is 0.0622. The van der Waals surface area contributed by atoms with Crippen LogP contribution in [0, 0.1) is 11.8 Å². The molecule has 0 radical (unpaired) electrons. The molecule has 0 saturated carbocycles. The molecule has 5 heteroatoms. The molecule has 0 aromatic heterocycles. The summed E-state index contributed by atoms with van der Waals surface area (Å²) in [4.78, 5) is 12.4. The van der Waals surface area contributed by atoms with Gasteiger partial charge >= 0.3 is 0 Å². The summed E-state index contributed by atoms with van der Waals surface area (Å²) in [6.07, 6.45) is 2.95. The SMILES string of the molecule is CC(CC(=O)Nc1cccc(CS(=O)C(C)(C)C)c1)C1CCCNC1. The number of hydrogen-bond donors (Lipinski definition) is 2. The molecule has 1 aromatic carbocycles. The number of nitrogens with one attached hydrogen (secondary N) is 2. The average molecular weight is 365 g/mol. The molecule has 0 aliphatic carbocycles. The summed E-state index contributed by atoms with van der Waals surface area (Å²) in [6, 6.07) is 7.72. The van der Waals surface area contributed by atoms with E-state index in [1.54, 1.807) is 0 Å². The maximum atomic E-state index is 12.4. The summed E-state index contributed by atoms with van der Waals surface area (Å²) in [5.41, 5.74) is 1.79. The molecule has 25 heavy (non-hydrogen) atoms. The highest BCUT2D eigenvalue weighted by molar-refractivity contribution is 7.85. The topological polar surface area (TPSA) is 58.2 Å². The minimum Gasteiger partial charge on any atom is -0.326 e. The van der Waals surface area contributed by atoms with E-state index in [4.69, 9.17) is 0 Å². The molecular weight excluding hydrogens is 332 g/mol. The Morgan fingerprint density at radius 3 is 2.80 bits per heavy atom. The molecule has 1 fully saturated rings. The van der Waals surface area contributed by atoms with Crippen molar-refractivity contribution >= 4 is 22.4 Å². The Morgan fingerprint density at radius 1 is 1.40 bits per heavy atom. The van der Waals surface area contributed by atoms with E-state index in [9.17, 15) is 9.00 Å². The zero-order valence-corrected chi connectivity index (χ0v) is 16.7. The molecule has 1 amide bonds. The Bertz CT molecular complexity index is 604. The predicted octanol–water partition coefficient (Wildman–Crippen LogP) is 3.70. The molecule has 4 nitrogen and oxygen atoms in total. The zero-order chi connectivity index (χ0) is 18.4. The molecular formula is C20H32N2O2S. The number of amides is 1. The molecule has 0 bridgehead atoms. The first-order valence-electron chi connectivity index (χ1n) is 9.23. The lowest BCUT2D eigenvalue weighted by molar-refractivity contribution is -0.117. The molecule has 1 heterocycles. The van der Waals surface area contributed by atoms with Crippen LogP contribution < -0.4 is 10.6 Å². The zero-order valence-electron chi connectivity index (χ0n) is 15.9. The second kappa shape index (κ2) is 8.95. The Hall–Kier alpha value is -1.20. The Morgan fingerprint density at radius 2 is 2.16 bits per heavy atom. The third kappa shape index (κ3) is 6.55. The standard InChI is InChI=1S/C20H32N2O2S/c1-15(17-8-6-10-21-13-17)11-19(23)22-18-9-5-7-16(12-18)14-25(24)20(2,3)4/h5,7,9,12,15,17,21H,6,8,10-11,13-14H2,1-4H3,(H,22,23). The fraction of sp³-hybridized carbons (Fsp3) is 0.650. The number of benzene rings is 1. The van der Waals surface area contributed by atoms with Crippen molar-refractivity contribution in [2.45, 2.75) is 57.5 Å². The molecule has 140 valence electrons. The van der Waals surface area contributed by atoms with Gasteiger partial charge in [-0.3, -0.25) is 9.00 Å². The second-order valence-corrected chi connectivity index (χ2v) is 10.3. The van der Waals surface area contributed by atoms with Gasteiger partial charge in [0, 0.05) is 33.4 Å². The van der Waals surface area contributed by atoms with Gasteiger partial charge in [-0.2, -0.15) is 0 Å². The van der Waals surface area contributed by atoms with Crippen molar-refractivity contribution < 1.29 is 9.00 Å². The Balaban J connectivity index is 1.90. The molecule has 2 N–H and O–H groups in total. The van der Waals surface area contributed by atoms with Crippen LogP contribution >= 0.6 is 0 Å². The van der Waals surface area contributed by atoms with Crippen LogP contribution in [0.1, 0.15) is 52.5 Å². The maximum absolute atomic E-state index is 12.4.